The fourth-order valence-corrected chi connectivity index (χ4v) is 2.20. The molecule has 0 N–H and O–H groups in total. The molecule has 0 heterocycles. The van der Waals surface area contributed by atoms with Gasteiger partial charge in [0.1, 0.15) is 24.7 Å². The van der Waals surface area contributed by atoms with Crippen molar-refractivity contribution in [3.8, 4) is 11.5 Å². The van der Waals surface area contributed by atoms with Crippen molar-refractivity contribution in [2.24, 2.45) is 0 Å². The molecule has 0 radical (unpaired) electrons. The van der Waals surface area contributed by atoms with E-state index in [0.29, 0.717) is 11.5 Å². The molecule has 0 amide bonds. The van der Waals surface area contributed by atoms with E-state index in [9.17, 15) is 9.59 Å². The molecule has 6 heteroatoms. The SMILES string of the molecule is COc1cccc(COC(=O)CCC(=O)OCc2cccc(OC)c2)c1. The third-order valence-electron chi connectivity index (χ3n) is 3.60. The van der Waals surface area contributed by atoms with Gasteiger partial charge < -0.3 is 18.9 Å². The van der Waals surface area contributed by atoms with E-state index in [0.717, 1.165) is 11.1 Å². The summed E-state index contributed by atoms with van der Waals surface area (Å²) in [4.78, 5) is 23.5. The number of methoxy groups -OCH3 is 2. The highest BCUT2D eigenvalue weighted by Gasteiger charge is 2.10. The van der Waals surface area contributed by atoms with Crippen molar-refractivity contribution in [3.63, 3.8) is 0 Å². The third kappa shape index (κ3) is 6.47. The molecule has 0 aliphatic heterocycles. The van der Waals surface area contributed by atoms with Crippen molar-refractivity contribution in [3.05, 3.63) is 59.7 Å². The second kappa shape index (κ2) is 10.1. The van der Waals surface area contributed by atoms with Gasteiger partial charge in [0.25, 0.3) is 0 Å². The number of carbonyl (C=O) groups is 2. The lowest BCUT2D eigenvalue weighted by Gasteiger charge is -2.08. The lowest BCUT2D eigenvalue weighted by molar-refractivity contribution is -0.151. The maximum atomic E-state index is 11.8. The predicted octanol–water partition coefficient (Wildman–Crippen LogP) is 3.27. The Bertz CT molecular complexity index is 677. The maximum absolute atomic E-state index is 11.8. The molecule has 0 saturated heterocycles. The summed E-state index contributed by atoms with van der Waals surface area (Å²) in [5.74, 6) is 0.483. The van der Waals surface area contributed by atoms with Gasteiger partial charge in [0.05, 0.1) is 27.1 Å². The van der Waals surface area contributed by atoms with Gasteiger partial charge in [-0.15, -0.1) is 0 Å². The maximum Gasteiger partial charge on any atom is 0.306 e. The highest BCUT2D eigenvalue weighted by Crippen LogP contribution is 2.15. The van der Waals surface area contributed by atoms with Gasteiger partial charge in [-0.1, -0.05) is 24.3 Å². The van der Waals surface area contributed by atoms with Crippen LogP contribution in [-0.4, -0.2) is 26.2 Å². The quantitative estimate of drug-likeness (QED) is 0.641. The van der Waals surface area contributed by atoms with Gasteiger partial charge in [-0.2, -0.15) is 0 Å². The number of esters is 2. The number of carbonyl (C=O) groups excluding carboxylic acids is 2. The van der Waals surface area contributed by atoms with Crippen LogP contribution in [0.5, 0.6) is 11.5 Å². The van der Waals surface area contributed by atoms with Crippen LogP contribution in [0.2, 0.25) is 0 Å². The average Bonchev–Trinajstić information content (AvgIpc) is 2.69. The second-order valence-electron chi connectivity index (χ2n) is 5.52. The first-order valence-electron chi connectivity index (χ1n) is 8.18. The molecule has 0 saturated carbocycles. The molecular formula is C20H22O6. The van der Waals surface area contributed by atoms with Crippen molar-refractivity contribution in [2.75, 3.05) is 14.2 Å². The van der Waals surface area contributed by atoms with Gasteiger partial charge in [0, 0.05) is 0 Å². The predicted molar refractivity (Wildman–Crippen MR) is 94.8 cm³/mol. The van der Waals surface area contributed by atoms with E-state index in [1.165, 1.54) is 0 Å². The second-order valence-corrected chi connectivity index (χ2v) is 5.52. The fourth-order valence-electron chi connectivity index (χ4n) is 2.20. The smallest absolute Gasteiger partial charge is 0.306 e. The van der Waals surface area contributed by atoms with E-state index in [1.54, 1.807) is 26.4 Å². The molecule has 0 aliphatic carbocycles. The van der Waals surface area contributed by atoms with Gasteiger partial charge in [0.15, 0.2) is 0 Å². The molecule has 0 bridgehead atoms. The monoisotopic (exact) mass is 358 g/mol. The zero-order chi connectivity index (χ0) is 18.8. The number of hydrogen-bond donors (Lipinski definition) is 0. The summed E-state index contributed by atoms with van der Waals surface area (Å²) < 4.78 is 20.5. The fraction of sp³-hybridized carbons (Fsp3) is 0.300. The molecule has 2 aromatic carbocycles. The molecule has 138 valence electrons. The average molecular weight is 358 g/mol. The molecule has 0 aromatic heterocycles. The first kappa shape index (κ1) is 19.3. The number of ether oxygens (including phenoxy) is 4. The minimum atomic E-state index is -0.453. The summed E-state index contributed by atoms with van der Waals surface area (Å²) >= 11 is 0. The summed E-state index contributed by atoms with van der Waals surface area (Å²) in [6.45, 7) is 0.268. The normalized spacial score (nSPS) is 10.1. The Morgan fingerprint density at radius 1 is 0.731 bits per heavy atom. The lowest BCUT2D eigenvalue weighted by Crippen LogP contribution is -2.10. The molecule has 0 aliphatic rings. The first-order valence-corrected chi connectivity index (χ1v) is 8.18. The van der Waals surface area contributed by atoms with Gasteiger partial charge in [-0.05, 0) is 35.4 Å². The van der Waals surface area contributed by atoms with Gasteiger partial charge in [-0.25, -0.2) is 0 Å². The molecule has 0 fully saturated rings. The third-order valence-corrected chi connectivity index (χ3v) is 3.60. The summed E-state index contributed by atoms with van der Waals surface area (Å²) in [7, 11) is 3.14. The van der Waals surface area contributed by atoms with Crippen LogP contribution in [0, 0.1) is 0 Å². The van der Waals surface area contributed by atoms with Gasteiger partial charge >= 0.3 is 11.9 Å². The van der Waals surface area contributed by atoms with E-state index < -0.39 is 11.9 Å². The summed E-state index contributed by atoms with van der Waals surface area (Å²) in [5.41, 5.74) is 1.64. The van der Waals surface area contributed by atoms with Crippen LogP contribution in [0.1, 0.15) is 24.0 Å². The van der Waals surface area contributed by atoms with Crippen LogP contribution < -0.4 is 9.47 Å². The topological polar surface area (TPSA) is 71.1 Å². The molecule has 2 aromatic rings. The van der Waals surface area contributed by atoms with Crippen LogP contribution in [0.25, 0.3) is 0 Å². The van der Waals surface area contributed by atoms with E-state index in [1.807, 2.05) is 36.4 Å². The van der Waals surface area contributed by atoms with Crippen molar-refractivity contribution in [1.29, 1.82) is 0 Å². The Morgan fingerprint density at radius 3 is 1.54 bits per heavy atom. The molecule has 0 unspecified atom stereocenters. The minimum Gasteiger partial charge on any atom is -0.497 e. The van der Waals surface area contributed by atoms with Gasteiger partial charge in [-0.3, -0.25) is 9.59 Å². The standard InChI is InChI=1S/C20H22O6/c1-23-17-7-3-5-15(11-17)13-25-19(21)9-10-20(22)26-14-16-6-4-8-18(12-16)24-2/h3-8,11-12H,9-10,13-14H2,1-2H3. The molecule has 0 spiro atoms. The molecule has 0 atom stereocenters. The van der Waals surface area contributed by atoms with Crippen LogP contribution in [-0.2, 0) is 32.3 Å². The highest BCUT2D eigenvalue weighted by molar-refractivity contribution is 5.77. The Morgan fingerprint density at radius 2 is 1.15 bits per heavy atom. The van der Waals surface area contributed by atoms with Crippen LogP contribution in [0.15, 0.2) is 48.5 Å². The molecule has 2 rings (SSSR count). The van der Waals surface area contributed by atoms with Gasteiger partial charge in [0.2, 0.25) is 0 Å². The van der Waals surface area contributed by atoms with Crippen molar-refractivity contribution < 1.29 is 28.5 Å². The van der Waals surface area contributed by atoms with E-state index in [2.05, 4.69) is 0 Å². The van der Waals surface area contributed by atoms with Crippen molar-refractivity contribution in [2.45, 2.75) is 26.1 Å². The zero-order valence-corrected chi connectivity index (χ0v) is 14.9. The van der Waals surface area contributed by atoms with Crippen LogP contribution in [0.4, 0.5) is 0 Å². The van der Waals surface area contributed by atoms with E-state index in [4.69, 9.17) is 18.9 Å². The lowest BCUT2D eigenvalue weighted by atomic mass is 10.2. The molecule has 6 nitrogen and oxygen atoms in total. The number of hydrogen-bond acceptors (Lipinski definition) is 6. The summed E-state index contributed by atoms with van der Waals surface area (Å²) in [6.07, 6.45) is -0.0537. The Balaban J connectivity index is 1.68. The van der Waals surface area contributed by atoms with Crippen LogP contribution in [0.3, 0.4) is 0 Å². The van der Waals surface area contributed by atoms with Crippen molar-refractivity contribution in [1.82, 2.24) is 0 Å². The first-order chi connectivity index (χ1) is 12.6. The van der Waals surface area contributed by atoms with E-state index in [-0.39, 0.29) is 26.1 Å². The largest absolute Gasteiger partial charge is 0.497 e. The minimum absolute atomic E-state index is 0.0269. The molecular weight excluding hydrogens is 336 g/mol. The summed E-state index contributed by atoms with van der Waals surface area (Å²) in [5, 5.41) is 0. The zero-order valence-electron chi connectivity index (χ0n) is 14.9. The Labute approximate surface area is 152 Å². The van der Waals surface area contributed by atoms with Crippen LogP contribution >= 0.6 is 0 Å². The Hall–Kier alpha value is -3.02. The summed E-state index contributed by atoms with van der Waals surface area (Å²) in [6, 6.07) is 14.5. The number of benzene rings is 2. The van der Waals surface area contributed by atoms with E-state index >= 15 is 0 Å². The van der Waals surface area contributed by atoms with Crippen molar-refractivity contribution >= 4 is 11.9 Å². The Kier molecular flexibility index (Phi) is 7.49. The molecule has 26 heavy (non-hydrogen) atoms. The highest BCUT2D eigenvalue weighted by atomic mass is 16.5. The number of rotatable bonds is 9.